The fraction of sp³-hybridized carbons (Fsp3) is 0.136. The number of halogens is 2. The van der Waals surface area contributed by atoms with Crippen LogP contribution in [-0.2, 0) is 21.4 Å². The van der Waals surface area contributed by atoms with Gasteiger partial charge in [0.2, 0.25) is 15.9 Å². The van der Waals surface area contributed by atoms with E-state index >= 15 is 0 Å². The Balaban J connectivity index is 1.94. The van der Waals surface area contributed by atoms with E-state index < -0.39 is 15.9 Å². The van der Waals surface area contributed by atoms with E-state index in [9.17, 15) is 13.2 Å². The summed E-state index contributed by atoms with van der Waals surface area (Å²) in [5.74, 6) is -0.325. The van der Waals surface area contributed by atoms with Crippen LogP contribution in [0, 0.1) is 0 Å². The van der Waals surface area contributed by atoms with E-state index in [0.29, 0.717) is 5.69 Å². The van der Waals surface area contributed by atoms with E-state index in [0.717, 1.165) is 14.3 Å². The van der Waals surface area contributed by atoms with Crippen molar-refractivity contribution in [1.29, 1.82) is 0 Å². The van der Waals surface area contributed by atoms with E-state index in [2.05, 4.69) is 21.2 Å². The molecule has 31 heavy (non-hydrogen) atoms. The molecule has 0 unspecified atom stereocenters. The Labute approximate surface area is 195 Å². The van der Waals surface area contributed by atoms with Crippen molar-refractivity contribution in [2.75, 3.05) is 19.0 Å². The average Bonchev–Trinajstić information content (AvgIpc) is 2.74. The second-order valence-electron chi connectivity index (χ2n) is 6.61. The lowest BCUT2D eigenvalue weighted by Gasteiger charge is -2.23. The zero-order valence-corrected chi connectivity index (χ0v) is 19.7. The molecule has 6 nitrogen and oxygen atoms in total. The number of benzene rings is 3. The molecule has 162 valence electrons. The van der Waals surface area contributed by atoms with Crippen LogP contribution in [0.2, 0.25) is 5.02 Å². The van der Waals surface area contributed by atoms with E-state index in [1.54, 1.807) is 36.4 Å². The highest BCUT2D eigenvalue weighted by molar-refractivity contribution is 9.10. The normalized spacial score (nSPS) is 11.4. The number of carbonyl (C=O) groups excluding carboxylic acids is 1. The third-order valence-electron chi connectivity index (χ3n) is 4.37. The number of hydrogen-bond donors (Lipinski definition) is 1. The molecule has 1 amide bonds. The summed E-state index contributed by atoms with van der Waals surface area (Å²) in [5, 5.41) is 2.98. The minimum atomic E-state index is -4.11. The zero-order valence-electron chi connectivity index (χ0n) is 16.6. The molecule has 0 spiro atoms. The van der Waals surface area contributed by atoms with E-state index in [4.69, 9.17) is 16.3 Å². The maximum absolute atomic E-state index is 13.5. The number of nitrogens with zero attached hydrogens (tertiary/aromatic N) is 1. The lowest BCUT2D eigenvalue weighted by atomic mass is 10.2. The van der Waals surface area contributed by atoms with Crippen molar-refractivity contribution in [2.24, 2.45) is 0 Å². The molecule has 9 heteroatoms. The number of nitrogens with one attached hydrogen (secondary N) is 1. The second kappa shape index (κ2) is 10.3. The van der Waals surface area contributed by atoms with Crippen LogP contribution >= 0.6 is 27.5 Å². The van der Waals surface area contributed by atoms with Crippen LogP contribution in [0.4, 0.5) is 5.69 Å². The number of ether oxygens (including phenoxy) is 1. The summed E-state index contributed by atoms with van der Waals surface area (Å²) >= 11 is 9.40. The van der Waals surface area contributed by atoms with Crippen LogP contribution in [0.15, 0.2) is 82.2 Å². The summed E-state index contributed by atoms with van der Waals surface area (Å²) in [6, 6.07) is 20.4. The molecule has 0 aromatic heterocycles. The Morgan fingerprint density at radius 3 is 2.48 bits per heavy atom. The number of hydrogen-bond acceptors (Lipinski definition) is 4. The predicted octanol–water partition coefficient (Wildman–Crippen LogP) is 4.94. The van der Waals surface area contributed by atoms with Gasteiger partial charge in [-0.25, -0.2) is 8.42 Å². The highest BCUT2D eigenvalue weighted by atomic mass is 79.9. The predicted molar refractivity (Wildman–Crippen MR) is 125 cm³/mol. The van der Waals surface area contributed by atoms with Crippen molar-refractivity contribution in [1.82, 2.24) is 4.31 Å². The van der Waals surface area contributed by atoms with Crippen LogP contribution in [0.1, 0.15) is 5.56 Å². The highest BCUT2D eigenvalue weighted by Crippen LogP contribution is 2.30. The molecule has 0 bridgehead atoms. The lowest BCUT2D eigenvalue weighted by molar-refractivity contribution is -0.116. The lowest BCUT2D eigenvalue weighted by Crippen LogP contribution is -2.37. The summed E-state index contributed by atoms with van der Waals surface area (Å²) in [5.41, 5.74) is 1.29. The number of carbonyl (C=O) groups is 1. The molecule has 0 aliphatic carbocycles. The Hall–Kier alpha value is -2.39. The van der Waals surface area contributed by atoms with Gasteiger partial charge in [-0.05, 0) is 42.0 Å². The molecule has 0 fully saturated rings. The Morgan fingerprint density at radius 1 is 1.06 bits per heavy atom. The average molecular weight is 524 g/mol. The molecule has 0 saturated carbocycles. The highest BCUT2D eigenvalue weighted by Gasteiger charge is 2.30. The standard InChI is InChI=1S/C22H20BrClN2O4S/c1-30-20-11-10-18(24)13-21(20)31(28,29)26(14-16-6-3-2-4-7-16)15-22(27)25-19-9-5-8-17(23)12-19/h2-13H,14-15H2,1H3,(H,25,27). The SMILES string of the molecule is COc1ccc(Cl)cc1S(=O)(=O)N(CC(=O)Nc1cccc(Br)c1)Cc1ccccc1. The molecule has 3 aromatic rings. The van der Waals surface area contributed by atoms with E-state index in [-0.39, 0.29) is 28.8 Å². The molecule has 0 aliphatic heterocycles. The molecule has 0 atom stereocenters. The van der Waals surface area contributed by atoms with E-state index in [1.165, 1.54) is 19.2 Å². The topological polar surface area (TPSA) is 75.7 Å². The van der Waals surface area contributed by atoms with Gasteiger partial charge in [-0.1, -0.05) is 63.9 Å². The fourth-order valence-electron chi connectivity index (χ4n) is 2.93. The Morgan fingerprint density at radius 2 is 1.81 bits per heavy atom. The smallest absolute Gasteiger partial charge is 0.247 e. The Kier molecular flexibility index (Phi) is 7.72. The minimum absolute atomic E-state index is 0.00471. The van der Waals surface area contributed by atoms with Crippen molar-refractivity contribution in [3.05, 3.63) is 87.9 Å². The first-order valence-corrected chi connectivity index (χ1v) is 11.8. The molecule has 0 heterocycles. The summed E-state index contributed by atoms with van der Waals surface area (Å²) < 4.78 is 34.1. The maximum Gasteiger partial charge on any atom is 0.247 e. The van der Waals surface area contributed by atoms with Gasteiger partial charge in [-0.3, -0.25) is 4.79 Å². The number of methoxy groups -OCH3 is 1. The zero-order chi connectivity index (χ0) is 22.4. The van der Waals surface area contributed by atoms with Crippen LogP contribution < -0.4 is 10.1 Å². The molecule has 0 saturated heterocycles. The van der Waals surface area contributed by atoms with Gasteiger partial charge in [-0.15, -0.1) is 0 Å². The first-order valence-electron chi connectivity index (χ1n) is 9.22. The van der Waals surface area contributed by atoms with Crippen LogP contribution in [0.3, 0.4) is 0 Å². The molecule has 3 aromatic carbocycles. The van der Waals surface area contributed by atoms with Gasteiger partial charge in [0, 0.05) is 21.7 Å². The van der Waals surface area contributed by atoms with Crippen molar-refractivity contribution < 1.29 is 17.9 Å². The minimum Gasteiger partial charge on any atom is -0.495 e. The number of sulfonamides is 1. The molecule has 3 rings (SSSR count). The van der Waals surface area contributed by atoms with Crippen molar-refractivity contribution in [3.63, 3.8) is 0 Å². The van der Waals surface area contributed by atoms with Gasteiger partial charge in [-0.2, -0.15) is 4.31 Å². The van der Waals surface area contributed by atoms with Gasteiger partial charge in [0.25, 0.3) is 0 Å². The fourth-order valence-corrected chi connectivity index (χ4v) is 5.13. The van der Waals surface area contributed by atoms with Gasteiger partial charge in [0.15, 0.2) is 0 Å². The third-order valence-corrected chi connectivity index (χ3v) is 6.91. The number of rotatable bonds is 8. The van der Waals surface area contributed by atoms with Gasteiger partial charge < -0.3 is 10.1 Å². The van der Waals surface area contributed by atoms with Crippen LogP contribution in [0.5, 0.6) is 5.75 Å². The number of anilines is 1. The van der Waals surface area contributed by atoms with Crippen LogP contribution in [0.25, 0.3) is 0 Å². The largest absolute Gasteiger partial charge is 0.495 e. The summed E-state index contributed by atoms with van der Waals surface area (Å²) in [7, 11) is -2.73. The summed E-state index contributed by atoms with van der Waals surface area (Å²) in [6.45, 7) is -0.385. The summed E-state index contributed by atoms with van der Waals surface area (Å²) in [6.07, 6.45) is 0. The molecular formula is C22H20BrClN2O4S. The van der Waals surface area contributed by atoms with Gasteiger partial charge in [0.1, 0.15) is 10.6 Å². The first-order chi connectivity index (χ1) is 14.8. The van der Waals surface area contributed by atoms with Gasteiger partial charge in [0.05, 0.1) is 13.7 Å². The molecule has 0 radical (unpaired) electrons. The molecule has 1 N–H and O–H groups in total. The monoisotopic (exact) mass is 522 g/mol. The quantitative estimate of drug-likeness (QED) is 0.454. The molecular weight excluding hydrogens is 504 g/mol. The van der Waals surface area contributed by atoms with Crippen molar-refractivity contribution in [2.45, 2.75) is 11.4 Å². The second-order valence-corrected chi connectivity index (χ2v) is 9.87. The summed E-state index contributed by atoms with van der Waals surface area (Å²) in [4.78, 5) is 12.6. The number of amides is 1. The van der Waals surface area contributed by atoms with E-state index in [1.807, 2.05) is 24.3 Å². The first kappa shape index (κ1) is 23.3. The van der Waals surface area contributed by atoms with Crippen LogP contribution in [-0.4, -0.2) is 32.3 Å². The maximum atomic E-state index is 13.5. The van der Waals surface area contributed by atoms with Crippen molar-refractivity contribution >= 4 is 49.1 Å². The van der Waals surface area contributed by atoms with Gasteiger partial charge >= 0.3 is 0 Å². The Bertz CT molecular complexity index is 1170. The van der Waals surface area contributed by atoms with Crippen molar-refractivity contribution in [3.8, 4) is 5.75 Å². The molecule has 0 aliphatic rings. The third kappa shape index (κ3) is 6.07.